The molecule has 4 rings (SSSR count). The van der Waals surface area contributed by atoms with E-state index in [0.29, 0.717) is 22.3 Å². The van der Waals surface area contributed by atoms with Gasteiger partial charge in [0.05, 0.1) is 18.2 Å². The van der Waals surface area contributed by atoms with Crippen molar-refractivity contribution in [3.63, 3.8) is 0 Å². The number of benzene rings is 2. The van der Waals surface area contributed by atoms with Crippen molar-refractivity contribution in [1.82, 2.24) is 5.32 Å². The molecule has 0 bridgehead atoms. The molecule has 1 aliphatic heterocycles. The Hall–Kier alpha value is -3.10. The van der Waals surface area contributed by atoms with Crippen molar-refractivity contribution in [3.8, 4) is 21.9 Å². The van der Waals surface area contributed by atoms with Gasteiger partial charge >= 0.3 is 5.97 Å². The number of thiophene rings is 1. The van der Waals surface area contributed by atoms with Crippen LogP contribution in [0.5, 0.6) is 11.5 Å². The van der Waals surface area contributed by atoms with E-state index in [1.807, 2.05) is 61.5 Å². The molecule has 0 saturated heterocycles. The van der Waals surface area contributed by atoms with Crippen molar-refractivity contribution in [3.05, 3.63) is 65.7 Å². The van der Waals surface area contributed by atoms with E-state index in [1.54, 1.807) is 6.92 Å². The van der Waals surface area contributed by atoms with Gasteiger partial charge in [-0.05, 0) is 55.4 Å². The van der Waals surface area contributed by atoms with Gasteiger partial charge in [-0.25, -0.2) is 4.79 Å². The van der Waals surface area contributed by atoms with Gasteiger partial charge < -0.3 is 24.8 Å². The molecule has 0 radical (unpaired) electrons. The molecule has 1 aliphatic rings. The Bertz CT molecular complexity index is 1100. The smallest absolute Gasteiger partial charge is 0.341 e. The topological polar surface area (TPSA) is 68.8 Å². The molecule has 6 nitrogen and oxygen atoms in total. The Kier molecular flexibility index (Phi) is 6.39. The SMILES string of the molecule is CCOC(=O)c1cc(-c2ccccc2)sc1NC(=S)N[C@H](C)c1ccc2c(c1)OCO2. The van der Waals surface area contributed by atoms with Crippen LogP contribution in [0.3, 0.4) is 0 Å². The van der Waals surface area contributed by atoms with Gasteiger partial charge in [0.25, 0.3) is 0 Å². The summed E-state index contributed by atoms with van der Waals surface area (Å²) in [6, 6.07) is 17.4. The number of thiocarbonyl (C=S) groups is 1. The van der Waals surface area contributed by atoms with Crippen LogP contribution in [0, 0.1) is 0 Å². The zero-order valence-electron chi connectivity index (χ0n) is 17.1. The number of anilines is 1. The second-order valence-corrected chi connectivity index (χ2v) is 8.33. The molecule has 0 spiro atoms. The summed E-state index contributed by atoms with van der Waals surface area (Å²) in [5, 5.41) is 7.50. The maximum Gasteiger partial charge on any atom is 0.341 e. The van der Waals surface area contributed by atoms with Gasteiger partial charge in [0.1, 0.15) is 5.00 Å². The lowest BCUT2D eigenvalue weighted by Gasteiger charge is -2.17. The fraction of sp³-hybridized carbons (Fsp3) is 0.217. The van der Waals surface area contributed by atoms with Crippen LogP contribution in [0.1, 0.15) is 35.8 Å². The van der Waals surface area contributed by atoms with Gasteiger partial charge in [-0.3, -0.25) is 0 Å². The predicted octanol–water partition coefficient (Wildman–Crippen LogP) is 5.37. The quantitative estimate of drug-likeness (QED) is 0.383. The van der Waals surface area contributed by atoms with Crippen LogP contribution in [0.15, 0.2) is 54.6 Å². The van der Waals surface area contributed by atoms with Crippen LogP contribution < -0.4 is 20.1 Å². The Morgan fingerprint density at radius 3 is 2.71 bits per heavy atom. The van der Waals surface area contributed by atoms with Crippen LogP contribution in [0.2, 0.25) is 0 Å². The van der Waals surface area contributed by atoms with Crippen LogP contribution in [0.4, 0.5) is 5.00 Å². The number of hydrogen-bond donors (Lipinski definition) is 2. The number of rotatable bonds is 6. The van der Waals surface area contributed by atoms with E-state index < -0.39 is 0 Å². The Labute approximate surface area is 190 Å². The first-order chi connectivity index (χ1) is 15.0. The molecule has 2 N–H and O–H groups in total. The first-order valence-electron chi connectivity index (χ1n) is 9.88. The molecule has 0 saturated carbocycles. The highest BCUT2D eigenvalue weighted by Crippen LogP contribution is 2.36. The third-order valence-electron chi connectivity index (χ3n) is 4.76. The molecule has 0 amide bonds. The minimum Gasteiger partial charge on any atom is -0.462 e. The number of carbonyl (C=O) groups is 1. The number of carbonyl (C=O) groups excluding carboxylic acids is 1. The summed E-state index contributed by atoms with van der Waals surface area (Å²) in [7, 11) is 0. The fourth-order valence-corrected chi connectivity index (χ4v) is 4.59. The normalized spacial score (nSPS) is 12.8. The molecule has 2 heterocycles. The molecule has 1 atom stereocenters. The standard InChI is InChI=1S/C23H22N2O4S2/c1-3-27-22(26)17-12-20(15-7-5-4-6-8-15)31-21(17)25-23(30)24-14(2)16-9-10-18-19(11-16)29-13-28-18/h4-12,14H,3,13H2,1-2H3,(H2,24,25,30)/t14-/m1/s1. The molecule has 1 aromatic heterocycles. The number of fused-ring (bicyclic) bond motifs is 1. The summed E-state index contributed by atoms with van der Waals surface area (Å²) < 4.78 is 16.0. The summed E-state index contributed by atoms with van der Waals surface area (Å²) >= 11 is 6.98. The van der Waals surface area contributed by atoms with E-state index in [-0.39, 0.29) is 18.8 Å². The monoisotopic (exact) mass is 454 g/mol. The molecule has 0 fully saturated rings. The summed E-state index contributed by atoms with van der Waals surface area (Å²) in [5.74, 6) is 1.08. The second kappa shape index (κ2) is 9.36. The van der Waals surface area contributed by atoms with Crippen LogP contribution >= 0.6 is 23.6 Å². The third-order valence-corrected chi connectivity index (χ3v) is 6.08. The number of nitrogens with one attached hydrogen (secondary N) is 2. The summed E-state index contributed by atoms with van der Waals surface area (Å²) in [4.78, 5) is 13.5. The highest BCUT2D eigenvalue weighted by atomic mass is 32.1. The van der Waals surface area contributed by atoms with Crippen LogP contribution in [-0.2, 0) is 4.74 Å². The van der Waals surface area contributed by atoms with Gasteiger partial charge in [0.15, 0.2) is 16.6 Å². The fourth-order valence-electron chi connectivity index (χ4n) is 3.19. The van der Waals surface area contributed by atoms with Gasteiger partial charge in [-0.2, -0.15) is 0 Å². The molecule has 31 heavy (non-hydrogen) atoms. The Balaban J connectivity index is 1.51. The minimum absolute atomic E-state index is 0.0749. The average molecular weight is 455 g/mol. The largest absolute Gasteiger partial charge is 0.462 e. The van der Waals surface area contributed by atoms with Crippen molar-refractivity contribution in [2.45, 2.75) is 19.9 Å². The van der Waals surface area contributed by atoms with Gasteiger partial charge in [0.2, 0.25) is 6.79 Å². The predicted molar refractivity (Wildman–Crippen MR) is 126 cm³/mol. The van der Waals surface area contributed by atoms with Gasteiger partial charge in [-0.1, -0.05) is 36.4 Å². The molecule has 2 aromatic carbocycles. The van der Waals surface area contributed by atoms with Crippen molar-refractivity contribution < 1.29 is 19.0 Å². The molecule has 0 unspecified atom stereocenters. The van der Waals surface area contributed by atoms with Crippen molar-refractivity contribution in [2.24, 2.45) is 0 Å². The maximum atomic E-state index is 12.5. The average Bonchev–Trinajstić information content (AvgIpc) is 3.41. The third kappa shape index (κ3) is 4.81. The van der Waals surface area contributed by atoms with Gasteiger partial charge in [-0.15, -0.1) is 11.3 Å². The summed E-state index contributed by atoms with van der Waals surface area (Å²) in [5.41, 5.74) is 2.50. The Morgan fingerprint density at radius 2 is 1.94 bits per heavy atom. The first-order valence-corrected chi connectivity index (χ1v) is 11.1. The Morgan fingerprint density at radius 1 is 1.16 bits per heavy atom. The number of hydrogen-bond acceptors (Lipinski definition) is 6. The molecule has 8 heteroatoms. The molecule has 0 aliphatic carbocycles. The lowest BCUT2D eigenvalue weighted by atomic mass is 10.1. The number of esters is 1. The minimum atomic E-state index is -0.380. The zero-order valence-corrected chi connectivity index (χ0v) is 18.8. The highest BCUT2D eigenvalue weighted by molar-refractivity contribution is 7.80. The van der Waals surface area contributed by atoms with Crippen molar-refractivity contribution in [1.29, 1.82) is 0 Å². The van der Waals surface area contributed by atoms with Crippen molar-refractivity contribution in [2.75, 3.05) is 18.7 Å². The van der Waals surface area contributed by atoms with Crippen LogP contribution in [0.25, 0.3) is 10.4 Å². The van der Waals surface area contributed by atoms with E-state index in [0.717, 1.165) is 27.5 Å². The van der Waals surface area contributed by atoms with E-state index >= 15 is 0 Å². The van der Waals surface area contributed by atoms with E-state index in [4.69, 9.17) is 26.4 Å². The van der Waals surface area contributed by atoms with E-state index in [2.05, 4.69) is 10.6 Å². The molecular formula is C23H22N2O4S2. The van der Waals surface area contributed by atoms with E-state index in [1.165, 1.54) is 11.3 Å². The summed E-state index contributed by atoms with van der Waals surface area (Å²) in [6.45, 7) is 4.33. The van der Waals surface area contributed by atoms with Gasteiger partial charge in [0, 0.05) is 4.88 Å². The molecular weight excluding hydrogens is 432 g/mol. The van der Waals surface area contributed by atoms with E-state index in [9.17, 15) is 4.79 Å². The van der Waals surface area contributed by atoms with Crippen LogP contribution in [-0.4, -0.2) is 24.5 Å². The lowest BCUT2D eigenvalue weighted by molar-refractivity contribution is 0.0528. The second-order valence-electron chi connectivity index (χ2n) is 6.87. The van der Waals surface area contributed by atoms with Crippen molar-refractivity contribution >= 4 is 39.6 Å². The molecule has 3 aromatic rings. The maximum absolute atomic E-state index is 12.5. The lowest BCUT2D eigenvalue weighted by Crippen LogP contribution is -2.31. The first kappa shape index (κ1) is 21.1. The summed E-state index contributed by atoms with van der Waals surface area (Å²) in [6.07, 6.45) is 0. The molecule has 160 valence electrons. The zero-order chi connectivity index (χ0) is 21.8. The highest BCUT2D eigenvalue weighted by Gasteiger charge is 2.20. The number of ether oxygens (including phenoxy) is 3.